The van der Waals surface area contributed by atoms with Crippen molar-refractivity contribution >= 4 is 39.1 Å². The molecule has 1 aliphatic heterocycles. The van der Waals surface area contributed by atoms with E-state index in [1.807, 2.05) is 36.4 Å². The molecule has 33 heavy (non-hydrogen) atoms. The molecule has 0 radical (unpaired) electrons. The minimum absolute atomic E-state index is 0.108. The number of ketones is 1. The first-order chi connectivity index (χ1) is 16.0. The van der Waals surface area contributed by atoms with Gasteiger partial charge in [-0.3, -0.25) is 14.5 Å². The van der Waals surface area contributed by atoms with Crippen LogP contribution in [0.25, 0.3) is 17.0 Å². The molecule has 3 aromatic rings. The number of hydrogen-bond donors (Lipinski definition) is 1. The fourth-order valence-electron chi connectivity index (χ4n) is 4.95. The van der Waals surface area contributed by atoms with E-state index in [9.17, 15) is 14.7 Å². The second-order valence-electron chi connectivity index (χ2n) is 8.55. The monoisotopic (exact) mass is 506 g/mol. The summed E-state index contributed by atoms with van der Waals surface area (Å²) in [6.07, 6.45) is 6.58. The summed E-state index contributed by atoms with van der Waals surface area (Å²) in [6, 6.07) is 15.8. The second kappa shape index (κ2) is 8.98. The van der Waals surface area contributed by atoms with Crippen LogP contribution in [0, 0.1) is 5.92 Å². The van der Waals surface area contributed by atoms with Crippen molar-refractivity contribution in [3.8, 4) is 11.3 Å². The maximum absolute atomic E-state index is 13.3. The van der Waals surface area contributed by atoms with Crippen molar-refractivity contribution in [1.82, 2.24) is 5.16 Å². The van der Waals surface area contributed by atoms with Crippen molar-refractivity contribution in [1.29, 1.82) is 0 Å². The van der Waals surface area contributed by atoms with Gasteiger partial charge >= 0.3 is 0 Å². The number of Topliss-reactive ketones (excluding diaryl/α,β-unsaturated/α-hetero) is 1. The van der Waals surface area contributed by atoms with Crippen molar-refractivity contribution < 1.29 is 19.2 Å². The van der Waals surface area contributed by atoms with E-state index >= 15 is 0 Å². The van der Waals surface area contributed by atoms with Gasteiger partial charge in [0, 0.05) is 27.4 Å². The lowest BCUT2D eigenvalue weighted by molar-refractivity contribution is -0.132. The molecule has 2 aliphatic rings. The average Bonchev–Trinajstić information content (AvgIpc) is 3.47. The Morgan fingerprint density at radius 2 is 1.67 bits per heavy atom. The number of halogens is 1. The molecule has 1 aliphatic carbocycles. The zero-order valence-electron chi connectivity index (χ0n) is 17.9. The molecular weight excluding hydrogens is 484 g/mol. The molecule has 2 aromatic carbocycles. The van der Waals surface area contributed by atoms with Crippen LogP contribution in [0.2, 0.25) is 0 Å². The number of carbonyl (C=O) groups excluding carboxylic acids is 2. The smallest absolute Gasteiger partial charge is 0.299 e. The molecule has 0 spiro atoms. The van der Waals surface area contributed by atoms with Crippen molar-refractivity contribution in [2.75, 3.05) is 4.90 Å². The van der Waals surface area contributed by atoms with Crippen LogP contribution in [0.5, 0.6) is 0 Å². The number of hydrogen-bond acceptors (Lipinski definition) is 5. The Bertz CT molecular complexity index is 1190. The van der Waals surface area contributed by atoms with Gasteiger partial charge in [0.2, 0.25) is 0 Å². The molecule has 1 N–H and O–H groups in total. The van der Waals surface area contributed by atoms with E-state index in [2.05, 4.69) is 21.1 Å². The number of rotatable bonds is 4. The highest BCUT2D eigenvalue weighted by Gasteiger charge is 2.49. The number of amides is 1. The lowest BCUT2D eigenvalue weighted by Crippen LogP contribution is -2.40. The standard InChI is InChI=1S/C26H23BrN2O4/c27-19-10-6-18(7-11-19)24(30)22-23(17-4-2-1-3-5-17)29(26(32)25(22)31)20-12-8-16(9-13-20)21-14-15-33-28-21/h6-15,17,23,30H,1-5H2/b24-22-. The third kappa shape index (κ3) is 4.02. The van der Waals surface area contributed by atoms with Gasteiger partial charge in [0.25, 0.3) is 11.7 Å². The highest BCUT2D eigenvalue weighted by atomic mass is 79.9. The first kappa shape index (κ1) is 21.6. The van der Waals surface area contributed by atoms with Crippen LogP contribution >= 0.6 is 15.9 Å². The van der Waals surface area contributed by atoms with Crippen LogP contribution in [0.3, 0.4) is 0 Å². The third-order valence-electron chi connectivity index (χ3n) is 6.58. The van der Waals surface area contributed by atoms with E-state index < -0.39 is 17.7 Å². The van der Waals surface area contributed by atoms with Crippen molar-refractivity contribution in [2.45, 2.75) is 38.1 Å². The largest absolute Gasteiger partial charge is 0.507 e. The Hall–Kier alpha value is -3.19. The van der Waals surface area contributed by atoms with Crippen LogP contribution in [0.15, 0.2) is 75.4 Å². The van der Waals surface area contributed by atoms with Gasteiger partial charge < -0.3 is 9.63 Å². The summed E-state index contributed by atoms with van der Waals surface area (Å²) in [7, 11) is 0. The summed E-state index contributed by atoms with van der Waals surface area (Å²) in [6.45, 7) is 0. The Kier molecular flexibility index (Phi) is 5.89. The van der Waals surface area contributed by atoms with Crippen molar-refractivity contribution in [3.63, 3.8) is 0 Å². The van der Waals surface area contributed by atoms with E-state index in [4.69, 9.17) is 4.52 Å². The molecule has 1 atom stereocenters. The van der Waals surface area contributed by atoms with Gasteiger partial charge in [-0.25, -0.2) is 0 Å². The summed E-state index contributed by atoms with van der Waals surface area (Å²) < 4.78 is 5.79. The molecule has 2 heterocycles. The van der Waals surface area contributed by atoms with Gasteiger partial charge in [-0.05, 0) is 43.0 Å². The fraction of sp³-hybridized carbons (Fsp3) is 0.269. The number of aliphatic hydroxyl groups is 1. The molecule has 1 aromatic heterocycles. The van der Waals surface area contributed by atoms with E-state index in [-0.39, 0.29) is 17.3 Å². The molecule has 1 unspecified atom stereocenters. The number of aliphatic hydroxyl groups excluding tert-OH is 1. The maximum Gasteiger partial charge on any atom is 0.299 e. The number of carbonyl (C=O) groups is 2. The normalized spacial score (nSPS) is 21.0. The van der Waals surface area contributed by atoms with Crippen molar-refractivity contribution in [3.05, 3.63) is 76.5 Å². The lowest BCUT2D eigenvalue weighted by atomic mass is 9.80. The molecule has 5 rings (SSSR count). The summed E-state index contributed by atoms with van der Waals surface area (Å²) in [4.78, 5) is 28.1. The summed E-state index contributed by atoms with van der Waals surface area (Å²) in [5, 5.41) is 15.1. The zero-order valence-corrected chi connectivity index (χ0v) is 19.5. The molecule has 2 fully saturated rings. The predicted molar refractivity (Wildman–Crippen MR) is 128 cm³/mol. The van der Waals surface area contributed by atoms with Crippen LogP contribution < -0.4 is 4.90 Å². The molecular formula is C26H23BrN2O4. The Labute approximate surface area is 200 Å². The van der Waals surface area contributed by atoms with E-state index in [1.165, 1.54) is 6.26 Å². The second-order valence-corrected chi connectivity index (χ2v) is 9.46. The van der Waals surface area contributed by atoms with Crippen LogP contribution in [-0.2, 0) is 9.59 Å². The summed E-state index contributed by atoms with van der Waals surface area (Å²) in [5.74, 6) is -1.24. The lowest BCUT2D eigenvalue weighted by Gasteiger charge is -2.34. The molecule has 6 nitrogen and oxygen atoms in total. The minimum Gasteiger partial charge on any atom is -0.507 e. The summed E-state index contributed by atoms with van der Waals surface area (Å²) >= 11 is 3.40. The predicted octanol–water partition coefficient (Wildman–Crippen LogP) is 5.94. The van der Waals surface area contributed by atoms with Gasteiger partial charge in [-0.15, -0.1) is 0 Å². The molecule has 1 saturated carbocycles. The Morgan fingerprint density at radius 1 is 0.970 bits per heavy atom. The Balaban J connectivity index is 1.59. The third-order valence-corrected chi connectivity index (χ3v) is 7.11. The summed E-state index contributed by atoms with van der Waals surface area (Å²) in [5.41, 5.74) is 2.92. The van der Waals surface area contributed by atoms with E-state index in [0.717, 1.165) is 42.1 Å². The molecule has 0 bridgehead atoms. The van der Waals surface area contributed by atoms with Gasteiger partial charge in [0.1, 0.15) is 17.7 Å². The first-order valence-electron chi connectivity index (χ1n) is 11.1. The average molecular weight is 507 g/mol. The fourth-order valence-corrected chi connectivity index (χ4v) is 5.22. The zero-order chi connectivity index (χ0) is 22.9. The molecule has 1 amide bonds. The topological polar surface area (TPSA) is 83.6 Å². The molecule has 1 saturated heterocycles. The van der Waals surface area contributed by atoms with Gasteiger partial charge in [0.15, 0.2) is 0 Å². The van der Waals surface area contributed by atoms with Gasteiger partial charge in [0.05, 0.1) is 11.6 Å². The van der Waals surface area contributed by atoms with Gasteiger partial charge in [-0.1, -0.05) is 64.6 Å². The van der Waals surface area contributed by atoms with Crippen LogP contribution in [0.1, 0.15) is 37.7 Å². The maximum atomic E-state index is 13.3. The van der Waals surface area contributed by atoms with Crippen LogP contribution in [-0.4, -0.2) is 28.0 Å². The quantitative estimate of drug-likeness (QED) is 0.269. The Morgan fingerprint density at radius 3 is 2.30 bits per heavy atom. The number of aromatic nitrogens is 1. The number of nitrogens with zero attached hydrogens (tertiary/aromatic N) is 2. The minimum atomic E-state index is -0.633. The first-order valence-corrected chi connectivity index (χ1v) is 11.9. The van der Waals surface area contributed by atoms with E-state index in [1.54, 1.807) is 23.1 Å². The number of anilines is 1. The van der Waals surface area contributed by atoms with Crippen molar-refractivity contribution in [2.24, 2.45) is 5.92 Å². The van der Waals surface area contributed by atoms with E-state index in [0.29, 0.717) is 16.9 Å². The van der Waals surface area contributed by atoms with Gasteiger partial charge in [-0.2, -0.15) is 0 Å². The highest BCUT2D eigenvalue weighted by Crippen LogP contribution is 2.41. The molecule has 168 valence electrons. The number of benzene rings is 2. The highest BCUT2D eigenvalue weighted by molar-refractivity contribution is 9.10. The van der Waals surface area contributed by atoms with Crippen LogP contribution in [0.4, 0.5) is 5.69 Å². The molecule has 7 heteroatoms. The SMILES string of the molecule is O=C1C(=O)N(c2ccc(-c3ccon3)cc2)C(C2CCCCC2)/C1=C(/O)c1ccc(Br)cc1.